The number of benzene rings is 3. The van der Waals surface area contributed by atoms with E-state index in [4.69, 9.17) is 0 Å². The number of carbonyl (C=O) groups excluding carboxylic acids is 1. The van der Waals surface area contributed by atoms with Gasteiger partial charge in [0.1, 0.15) is 9.79 Å². The number of nitrogens with zero attached hydrogens (tertiary/aromatic N) is 1. The number of nitrogens with one attached hydrogen (secondary N) is 1. The molecule has 24 heteroatoms. The van der Waals surface area contributed by atoms with Gasteiger partial charge in [-0.05, 0) is 35.7 Å². The topological polar surface area (TPSA) is 290 Å². The fraction of sp³-hybridized carbons (Fsp3) is 0. The molecule has 3 radical (unpaired) electrons. The SMILES string of the molecule is O=C(Nc1cc(S(=O)(=O)O)cc2cc(S(=O)(=O)O)cc(S(=O)(=O)O)c12)c1ccc([N+](=O)[O-])cc1S(=O)(=O)O.[Na].[Na].[Na]. The van der Waals surface area contributed by atoms with Crippen molar-refractivity contribution in [3.63, 3.8) is 0 Å². The van der Waals surface area contributed by atoms with Gasteiger partial charge in [0.2, 0.25) is 0 Å². The average Bonchev–Trinajstić information content (AvgIpc) is 2.75. The van der Waals surface area contributed by atoms with Crippen molar-refractivity contribution in [3.8, 4) is 0 Å². The summed E-state index contributed by atoms with van der Waals surface area (Å²) >= 11 is 0. The van der Waals surface area contributed by atoms with Crippen LogP contribution in [-0.4, -0.2) is 151 Å². The van der Waals surface area contributed by atoms with E-state index in [1.54, 1.807) is 0 Å². The van der Waals surface area contributed by atoms with Crippen molar-refractivity contribution in [2.45, 2.75) is 19.6 Å². The van der Waals surface area contributed by atoms with Crippen molar-refractivity contribution in [1.29, 1.82) is 0 Å². The second-order valence-electron chi connectivity index (χ2n) is 7.28. The van der Waals surface area contributed by atoms with Gasteiger partial charge in [-0.2, -0.15) is 33.7 Å². The Balaban J connectivity index is 0.00000533. The van der Waals surface area contributed by atoms with Crippen LogP contribution in [0.3, 0.4) is 0 Å². The quantitative estimate of drug-likeness (QED) is 0.0937. The van der Waals surface area contributed by atoms with E-state index in [1.165, 1.54) is 0 Å². The van der Waals surface area contributed by atoms with E-state index in [2.05, 4.69) is 0 Å². The Morgan fingerprint density at radius 2 is 1.15 bits per heavy atom. The molecule has 3 aromatic carbocycles. The first-order valence-electron chi connectivity index (χ1n) is 9.22. The van der Waals surface area contributed by atoms with Crippen LogP contribution in [0.4, 0.5) is 11.4 Å². The second-order valence-corrected chi connectivity index (χ2v) is 12.9. The number of hydrogen-bond donors (Lipinski definition) is 5. The molecule has 0 saturated carbocycles. The third kappa shape index (κ3) is 9.46. The van der Waals surface area contributed by atoms with E-state index in [0.717, 1.165) is 0 Å². The number of nitro benzene ring substituents is 1. The molecule has 0 aromatic heterocycles. The van der Waals surface area contributed by atoms with Gasteiger partial charge in [-0.3, -0.25) is 33.1 Å². The summed E-state index contributed by atoms with van der Waals surface area (Å²) in [4.78, 5) is 18.1. The van der Waals surface area contributed by atoms with E-state index in [-0.39, 0.29) is 94.7 Å². The minimum atomic E-state index is -5.38. The molecule has 0 fully saturated rings. The molecule has 0 saturated heterocycles. The maximum Gasteiger partial charge on any atom is 0.295 e. The smallest absolute Gasteiger partial charge is 0.295 e. The summed E-state index contributed by atoms with van der Waals surface area (Å²) in [6.07, 6.45) is 0. The standard InChI is InChI=1S/C17H12N2O15S4.3Na/c20-17(12-2-1-9(19(21)22)5-14(12)37(29,30)31)18-13-6-10(35(23,24)25)3-8-4-11(36(26,27)28)7-15(16(8)13)38(32,33)34;;;/h1-7H,(H,18,20)(H,23,24,25)(H,26,27,28)(H,29,30,31)(H,32,33,34);;;. The number of non-ortho nitro benzene ring substituents is 1. The van der Waals surface area contributed by atoms with Crippen molar-refractivity contribution in [2.75, 3.05) is 5.32 Å². The number of rotatable bonds is 7. The summed E-state index contributed by atoms with van der Waals surface area (Å²) in [6, 6.07) is 3.34. The summed E-state index contributed by atoms with van der Waals surface area (Å²) in [5.41, 5.74) is -2.68. The van der Waals surface area contributed by atoms with E-state index in [0.29, 0.717) is 36.4 Å². The van der Waals surface area contributed by atoms with Crippen LogP contribution in [0, 0.1) is 10.1 Å². The minimum absolute atomic E-state index is 0. The first-order valence-corrected chi connectivity index (χ1v) is 15.0. The summed E-state index contributed by atoms with van der Waals surface area (Å²) < 4.78 is 132. The fourth-order valence-corrected chi connectivity index (χ4v) is 5.87. The van der Waals surface area contributed by atoms with E-state index in [9.17, 15) is 66.8 Å². The molecule has 0 bridgehead atoms. The van der Waals surface area contributed by atoms with Gasteiger partial charge in [0, 0.05) is 106 Å². The number of nitro groups is 1. The van der Waals surface area contributed by atoms with Crippen molar-refractivity contribution >= 4 is 157 Å². The van der Waals surface area contributed by atoms with Gasteiger partial charge in [-0.15, -0.1) is 0 Å². The summed E-state index contributed by atoms with van der Waals surface area (Å²) in [7, 11) is -21.0. The summed E-state index contributed by atoms with van der Waals surface area (Å²) in [6.45, 7) is 0. The normalized spacial score (nSPS) is 11.9. The van der Waals surface area contributed by atoms with Gasteiger partial charge >= 0.3 is 0 Å². The predicted molar refractivity (Wildman–Crippen MR) is 142 cm³/mol. The van der Waals surface area contributed by atoms with Crippen LogP contribution < -0.4 is 5.32 Å². The largest absolute Gasteiger partial charge is 0.321 e. The molecule has 0 unspecified atom stereocenters. The number of carbonyl (C=O) groups is 1. The molecule has 0 heterocycles. The van der Waals surface area contributed by atoms with Crippen molar-refractivity contribution < 1.29 is 61.6 Å². The molecule has 3 aromatic rings. The molecule has 0 atom stereocenters. The minimum Gasteiger partial charge on any atom is -0.321 e. The fourth-order valence-electron chi connectivity index (χ4n) is 3.24. The molecule has 5 N–H and O–H groups in total. The zero-order valence-corrected chi connectivity index (χ0v) is 30.2. The monoisotopic (exact) mass is 681 g/mol. The molecule has 0 spiro atoms. The predicted octanol–water partition coefficient (Wildman–Crippen LogP) is -0.155. The van der Waals surface area contributed by atoms with Crippen LogP contribution in [0.1, 0.15) is 10.4 Å². The molecule has 207 valence electrons. The molecule has 0 aliphatic carbocycles. The Kier molecular flexibility index (Phi) is 13.8. The first kappa shape index (κ1) is 40.4. The summed E-state index contributed by atoms with van der Waals surface area (Å²) in [5.74, 6) is -1.53. The van der Waals surface area contributed by atoms with Crippen molar-refractivity contribution in [2.24, 2.45) is 0 Å². The maximum atomic E-state index is 12.9. The van der Waals surface area contributed by atoms with Gasteiger partial charge in [-0.1, -0.05) is 0 Å². The van der Waals surface area contributed by atoms with Crippen LogP contribution in [-0.2, 0) is 40.5 Å². The second kappa shape index (κ2) is 14.0. The Hall–Kier alpha value is -0.570. The molecule has 1 amide bonds. The van der Waals surface area contributed by atoms with E-state index >= 15 is 0 Å². The van der Waals surface area contributed by atoms with Gasteiger partial charge in [0.15, 0.2) is 0 Å². The van der Waals surface area contributed by atoms with Crippen molar-refractivity contribution in [1.82, 2.24) is 0 Å². The number of anilines is 1. The third-order valence-corrected chi connectivity index (χ3v) is 8.21. The zero-order valence-electron chi connectivity index (χ0n) is 20.9. The summed E-state index contributed by atoms with van der Waals surface area (Å²) in [5, 5.41) is 11.4. The Morgan fingerprint density at radius 1 is 0.683 bits per heavy atom. The molecule has 17 nitrogen and oxygen atoms in total. The Bertz CT molecular complexity index is 1990. The molecule has 3 rings (SSSR count). The van der Waals surface area contributed by atoms with Crippen LogP contribution >= 0.6 is 0 Å². The van der Waals surface area contributed by atoms with Crippen LogP contribution in [0.5, 0.6) is 0 Å². The number of fused-ring (bicyclic) bond motifs is 1. The van der Waals surface area contributed by atoms with Gasteiger partial charge in [0.25, 0.3) is 52.1 Å². The zero-order chi connectivity index (χ0) is 29.0. The van der Waals surface area contributed by atoms with Crippen molar-refractivity contribution in [3.05, 3.63) is 58.1 Å². The van der Waals surface area contributed by atoms with Crippen LogP contribution in [0.25, 0.3) is 10.8 Å². The average molecular weight is 682 g/mol. The molecule has 41 heavy (non-hydrogen) atoms. The first-order chi connectivity index (χ1) is 17.1. The molecular formula is C17H12N2Na3O15S4. The van der Waals surface area contributed by atoms with Crippen LogP contribution in [0.15, 0.2) is 62.0 Å². The van der Waals surface area contributed by atoms with Gasteiger partial charge in [0.05, 0.1) is 26.0 Å². The van der Waals surface area contributed by atoms with E-state index < -0.39 is 98.6 Å². The maximum absolute atomic E-state index is 12.9. The van der Waals surface area contributed by atoms with E-state index in [1.807, 2.05) is 5.32 Å². The number of hydrogen-bond acceptors (Lipinski definition) is 11. The Morgan fingerprint density at radius 3 is 1.56 bits per heavy atom. The van der Waals surface area contributed by atoms with Gasteiger partial charge < -0.3 is 5.32 Å². The third-order valence-electron chi connectivity index (χ3n) is 4.78. The molecule has 0 aliphatic rings. The van der Waals surface area contributed by atoms with Crippen LogP contribution in [0.2, 0.25) is 0 Å². The van der Waals surface area contributed by atoms with Gasteiger partial charge in [-0.25, -0.2) is 0 Å². The molecular weight excluding hydrogens is 669 g/mol. The Labute approximate surface area is 298 Å². The molecule has 0 aliphatic heterocycles. The number of amides is 1.